The normalized spacial score (nSPS) is 10.7. The van der Waals surface area contributed by atoms with Gasteiger partial charge in [-0.1, -0.05) is 70.5 Å². The van der Waals surface area contributed by atoms with Crippen molar-refractivity contribution in [1.82, 2.24) is 4.98 Å². The number of H-pyrrole nitrogens is 1. The number of nitrogens with one attached hydrogen (secondary N) is 3. The van der Waals surface area contributed by atoms with Crippen molar-refractivity contribution < 1.29 is 4.79 Å². The zero-order valence-electron chi connectivity index (χ0n) is 13.8. The Balaban J connectivity index is 1.70. The van der Waals surface area contributed by atoms with Crippen LogP contribution < -0.4 is 10.6 Å². The first-order valence-electron chi connectivity index (χ1n) is 8.20. The molecule has 0 saturated heterocycles. The number of carbonyl (C=O) groups excluding carboxylic acids is 1. The number of anilines is 2. The Bertz CT molecular complexity index is 1070. The molecule has 0 aliphatic heterocycles. The Morgan fingerprint density at radius 1 is 0.846 bits per heavy atom. The van der Waals surface area contributed by atoms with Crippen molar-refractivity contribution in [1.29, 1.82) is 0 Å². The fraction of sp³-hybridized carbons (Fsp3) is 0. The van der Waals surface area contributed by atoms with E-state index in [1.54, 1.807) is 0 Å². The van der Waals surface area contributed by atoms with Gasteiger partial charge >= 0.3 is 6.03 Å². The molecule has 0 spiro atoms. The second-order valence-corrected chi connectivity index (χ2v) is 6.79. The molecule has 0 radical (unpaired) electrons. The minimum Gasteiger partial charge on any atom is -0.353 e. The summed E-state index contributed by atoms with van der Waals surface area (Å²) in [5, 5.41) is 6.84. The number of aromatic amines is 1. The molecular formula is C21H16BrN3O. The smallest absolute Gasteiger partial charge is 0.323 e. The first-order valence-corrected chi connectivity index (χ1v) is 9.00. The molecule has 4 aromatic rings. The molecule has 1 heterocycles. The maximum absolute atomic E-state index is 12.6. The zero-order valence-corrected chi connectivity index (χ0v) is 15.4. The summed E-state index contributed by atoms with van der Waals surface area (Å²) >= 11 is 3.41. The summed E-state index contributed by atoms with van der Waals surface area (Å²) in [4.78, 5) is 16.0. The summed E-state index contributed by atoms with van der Waals surface area (Å²) in [6.07, 6.45) is 0. The topological polar surface area (TPSA) is 56.9 Å². The Hall–Kier alpha value is -3.05. The lowest BCUT2D eigenvalue weighted by atomic mass is 10.1. The Morgan fingerprint density at radius 2 is 1.62 bits per heavy atom. The number of carbonyl (C=O) groups is 1. The number of urea groups is 1. The van der Waals surface area contributed by atoms with Crippen molar-refractivity contribution >= 4 is 44.2 Å². The van der Waals surface area contributed by atoms with Gasteiger partial charge in [0, 0.05) is 26.6 Å². The minimum absolute atomic E-state index is 0.287. The highest BCUT2D eigenvalue weighted by molar-refractivity contribution is 9.10. The summed E-state index contributed by atoms with van der Waals surface area (Å²) < 4.78 is 0.910. The molecule has 2 amide bonds. The molecule has 0 bridgehead atoms. The van der Waals surface area contributed by atoms with E-state index in [-0.39, 0.29) is 6.03 Å². The number of benzene rings is 3. The molecule has 4 nitrogen and oxygen atoms in total. The molecular weight excluding hydrogens is 390 g/mol. The van der Waals surface area contributed by atoms with Gasteiger partial charge in [0.25, 0.3) is 0 Å². The van der Waals surface area contributed by atoms with Gasteiger partial charge in [-0.2, -0.15) is 0 Å². The third-order valence-electron chi connectivity index (χ3n) is 4.09. The molecule has 26 heavy (non-hydrogen) atoms. The maximum Gasteiger partial charge on any atom is 0.323 e. The molecule has 0 fully saturated rings. The van der Waals surface area contributed by atoms with Gasteiger partial charge in [-0.05, 0) is 24.3 Å². The Kier molecular flexibility index (Phi) is 4.46. The van der Waals surface area contributed by atoms with Gasteiger partial charge in [-0.15, -0.1) is 0 Å². The second kappa shape index (κ2) is 7.06. The SMILES string of the molecule is O=C(Nc1cccc(Br)c1)Nc1c(-c2ccccc2)[nH]c2ccccc12. The van der Waals surface area contributed by atoms with Crippen LogP contribution in [0.4, 0.5) is 16.2 Å². The molecule has 0 aliphatic rings. The highest BCUT2D eigenvalue weighted by Gasteiger charge is 2.15. The lowest BCUT2D eigenvalue weighted by molar-refractivity contribution is 0.262. The summed E-state index contributed by atoms with van der Waals surface area (Å²) in [5.41, 5.74) is 4.36. The number of para-hydroxylation sites is 1. The van der Waals surface area contributed by atoms with Crippen molar-refractivity contribution in [2.75, 3.05) is 10.6 Å². The van der Waals surface area contributed by atoms with Gasteiger partial charge in [0.2, 0.25) is 0 Å². The number of hydrogen-bond acceptors (Lipinski definition) is 1. The van der Waals surface area contributed by atoms with Gasteiger partial charge in [0.05, 0.1) is 11.4 Å². The van der Waals surface area contributed by atoms with Crippen LogP contribution in [-0.2, 0) is 0 Å². The van der Waals surface area contributed by atoms with Gasteiger partial charge in [0.1, 0.15) is 0 Å². The van der Waals surface area contributed by atoms with Crippen LogP contribution in [-0.4, -0.2) is 11.0 Å². The van der Waals surface area contributed by atoms with Crippen molar-refractivity contribution in [3.05, 3.63) is 83.3 Å². The number of halogens is 1. The summed E-state index contributed by atoms with van der Waals surface area (Å²) in [5.74, 6) is 0. The van der Waals surface area contributed by atoms with Crippen LogP contribution in [0.3, 0.4) is 0 Å². The number of hydrogen-bond donors (Lipinski definition) is 3. The van der Waals surface area contributed by atoms with Crippen LogP contribution in [0.15, 0.2) is 83.3 Å². The molecule has 1 aromatic heterocycles. The Morgan fingerprint density at radius 3 is 2.42 bits per heavy atom. The van der Waals surface area contributed by atoms with E-state index in [9.17, 15) is 4.79 Å². The van der Waals surface area contributed by atoms with Crippen molar-refractivity contribution in [2.45, 2.75) is 0 Å². The quantitative estimate of drug-likeness (QED) is 0.371. The number of rotatable bonds is 3. The van der Waals surface area contributed by atoms with Crippen molar-refractivity contribution in [3.8, 4) is 11.3 Å². The number of fused-ring (bicyclic) bond motifs is 1. The van der Waals surface area contributed by atoms with E-state index >= 15 is 0 Å². The fourth-order valence-electron chi connectivity index (χ4n) is 2.94. The van der Waals surface area contributed by atoms with E-state index in [1.165, 1.54) is 0 Å². The largest absolute Gasteiger partial charge is 0.353 e. The van der Waals surface area contributed by atoms with E-state index < -0.39 is 0 Å². The highest BCUT2D eigenvalue weighted by atomic mass is 79.9. The van der Waals surface area contributed by atoms with Crippen LogP contribution in [0.1, 0.15) is 0 Å². The monoisotopic (exact) mass is 405 g/mol. The van der Waals surface area contributed by atoms with Crippen LogP contribution in [0.2, 0.25) is 0 Å². The van der Waals surface area contributed by atoms with Crippen molar-refractivity contribution in [3.63, 3.8) is 0 Å². The van der Waals surface area contributed by atoms with Gasteiger partial charge < -0.3 is 15.6 Å². The third-order valence-corrected chi connectivity index (χ3v) is 4.58. The maximum atomic E-state index is 12.6. The van der Waals surface area contributed by atoms with E-state index in [1.807, 2.05) is 78.9 Å². The van der Waals surface area contributed by atoms with Crippen LogP contribution in [0.25, 0.3) is 22.2 Å². The standard InChI is InChI=1S/C21H16BrN3O/c22-15-9-6-10-16(13-15)23-21(26)25-20-17-11-4-5-12-18(17)24-19(20)14-7-2-1-3-8-14/h1-13,24H,(H2,23,25,26). The summed E-state index contributed by atoms with van der Waals surface area (Å²) in [6.45, 7) is 0. The van der Waals surface area contributed by atoms with Crippen LogP contribution in [0, 0.1) is 0 Å². The summed E-state index contributed by atoms with van der Waals surface area (Å²) in [6, 6.07) is 25.1. The fourth-order valence-corrected chi connectivity index (χ4v) is 3.33. The first-order chi connectivity index (χ1) is 12.7. The molecule has 0 unspecified atom stereocenters. The average molecular weight is 406 g/mol. The average Bonchev–Trinajstić information content (AvgIpc) is 3.01. The Labute approximate surface area is 159 Å². The van der Waals surface area contributed by atoms with E-state index in [0.717, 1.165) is 38.0 Å². The summed E-state index contributed by atoms with van der Waals surface area (Å²) in [7, 11) is 0. The molecule has 0 aliphatic carbocycles. The van der Waals surface area contributed by atoms with Gasteiger partial charge in [0.15, 0.2) is 0 Å². The second-order valence-electron chi connectivity index (χ2n) is 5.88. The molecule has 3 aromatic carbocycles. The zero-order chi connectivity index (χ0) is 17.9. The van der Waals surface area contributed by atoms with E-state index in [4.69, 9.17) is 0 Å². The molecule has 128 valence electrons. The number of amides is 2. The highest BCUT2D eigenvalue weighted by Crippen LogP contribution is 2.35. The lowest BCUT2D eigenvalue weighted by Gasteiger charge is -2.10. The van der Waals surface area contributed by atoms with Crippen molar-refractivity contribution in [2.24, 2.45) is 0 Å². The van der Waals surface area contributed by atoms with Crippen LogP contribution in [0.5, 0.6) is 0 Å². The molecule has 0 saturated carbocycles. The predicted octanol–water partition coefficient (Wildman–Crippen LogP) is 6.24. The van der Waals surface area contributed by atoms with Crippen LogP contribution >= 0.6 is 15.9 Å². The predicted molar refractivity (Wildman–Crippen MR) is 111 cm³/mol. The molecule has 5 heteroatoms. The number of aromatic nitrogens is 1. The van der Waals surface area contributed by atoms with E-state index in [2.05, 4.69) is 31.5 Å². The third kappa shape index (κ3) is 3.34. The minimum atomic E-state index is -0.287. The lowest BCUT2D eigenvalue weighted by Crippen LogP contribution is -2.19. The molecule has 4 rings (SSSR count). The molecule has 0 atom stereocenters. The van der Waals surface area contributed by atoms with E-state index in [0.29, 0.717) is 0 Å². The molecule has 3 N–H and O–H groups in total. The van der Waals surface area contributed by atoms with Gasteiger partial charge in [-0.3, -0.25) is 0 Å². The first kappa shape index (κ1) is 16.4. The van der Waals surface area contributed by atoms with Gasteiger partial charge in [-0.25, -0.2) is 4.79 Å².